The number of aldehydes is 1. The topological polar surface area (TPSA) is 40.9 Å². The summed E-state index contributed by atoms with van der Waals surface area (Å²) in [7, 11) is 0. The molecule has 0 aliphatic heterocycles. The summed E-state index contributed by atoms with van der Waals surface area (Å²) in [6.07, 6.45) is -0.298. The van der Waals surface area contributed by atoms with Crippen LogP contribution in [-0.2, 0) is 11.2 Å². The number of hydrogen-bond acceptors (Lipinski definition) is 2. The van der Waals surface area contributed by atoms with E-state index in [1.807, 2.05) is 0 Å². The molecule has 0 amide bonds. The third-order valence-corrected chi connectivity index (χ3v) is 1.66. The molecule has 14 heavy (non-hydrogen) atoms. The lowest BCUT2D eigenvalue weighted by Gasteiger charge is -2.02. The molecule has 0 fully saturated rings. The van der Waals surface area contributed by atoms with E-state index >= 15 is 0 Å². The van der Waals surface area contributed by atoms with Crippen molar-refractivity contribution >= 4 is 6.29 Å². The third-order valence-electron chi connectivity index (χ3n) is 1.66. The molecule has 0 saturated carbocycles. The van der Waals surface area contributed by atoms with Gasteiger partial charge in [0.25, 0.3) is 0 Å². The van der Waals surface area contributed by atoms with Crippen LogP contribution in [0.3, 0.4) is 0 Å². The molecular formula is C9H4F3NO. The molecule has 0 bridgehead atoms. The number of rotatable bonds is 2. The lowest BCUT2D eigenvalue weighted by atomic mass is 10.1. The molecule has 0 aliphatic rings. The van der Waals surface area contributed by atoms with Crippen LogP contribution < -0.4 is 0 Å². The number of carbonyl (C=O) groups is 1. The molecule has 0 radical (unpaired) electrons. The number of nitrogens with zero attached hydrogens (tertiary/aromatic N) is 1. The fraction of sp³-hybridized carbons (Fsp3) is 0.111. The van der Waals surface area contributed by atoms with Crippen LogP contribution in [0.1, 0.15) is 11.1 Å². The molecule has 1 rings (SSSR count). The van der Waals surface area contributed by atoms with Gasteiger partial charge in [0, 0.05) is 12.0 Å². The van der Waals surface area contributed by atoms with Gasteiger partial charge < -0.3 is 4.79 Å². The van der Waals surface area contributed by atoms with Gasteiger partial charge in [-0.15, -0.1) is 0 Å². The normalized spacial score (nSPS) is 9.57. The van der Waals surface area contributed by atoms with Crippen LogP contribution in [0.4, 0.5) is 13.2 Å². The van der Waals surface area contributed by atoms with E-state index in [2.05, 4.69) is 0 Å². The molecule has 0 aliphatic carbocycles. The quantitative estimate of drug-likeness (QED) is 0.537. The summed E-state index contributed by atoms with van der Waals surface area (Å²) < 4.78 is 38.8. The van der Waals surface area contributed by atoms with Crippen LogP contribution in [0.2, 0.25) is 0 Å². The number of nitriles is 1. The molecule has 0 spiro atoms. The minimum absolute atomic E-state index is 0.257. The highest BCUT2D eigenvalue weighted by Crippen LogP contribution is 2.19. The second kappa shape index (κ2) is 3.92. The summed E-state index contributed by atoms with van der Waals surface area (Å²) in [5, 5.41) is 8.30. The first-order valence-electron chi connectivity index (χ1n) is 3.62. The maximum atomic E-state index is 13.0. The summed E-state index contributed by atoms with van der Waals surface area (Å²) in [6.45, 7) is 0. The molecule has 0 atom stereocenters. The largest absolute Gasteiger partial charge is 0.303 e. The molecule has 1 aromatic carbocycles. The Morgan fingerprint density at radius 3 is 2.50 bits per heavy atom. The lowest BCUT2D eigenvalue weighted by molar-refractivity contribution is -0.107. The molecule has 0 saturated heterocycles. The Morgan fingerprint density at radius 1 is 1.36 bits per heavy atom. The van der Waals surface area contributed by atoms with Crippen molar-refractivity contribution in [2.24, 2.45) is 0 Å². The zero-order valence-electron chi connectivity index (χ0n) is 6.85. The van der Waals surface area contributed by atoms with E-state index in [-0.39, 0.29) is 6.29 Å². The maximum absolute atomic E-state index is 13.0. The first-order chi connectivity index (χ1) is 6.61. The number of halogens is 3. The Morgan fingerprint density at radius 2 is 2.00 bits per heavy atom. The fourth-order valence-corrected chi connectivity index (χ4v) is 0.985. The predicted octanol–water partition coefficient (Wildman–Crippen LogP) is 1.72. The molecule has 0 N–H and O–H groups in total. The van der Waals surface area contributed by atoms with E-state index < -0.39 is 35.0 Å². The van der Waals surface area contributed by atoms with E-state index in [1.54, 1.807) is 0 Å². The summed E-state index contributed by atoms with van der Waals surface area (Å²) in [5.41, 5.74) is -1.37. The minimum Gasteiger partial charge on any atom is -0.303 e. The predicted molar refractivity (Wildman–Crippen MR) is 40.8 cm³/mol. The Bertz CT molecular complexity index is 423. The van der Waals surface area contributed by atoms with Crippen LogP contribution in [0.25, 0.3) is 0 Å². The zero-order valence-corrected chi connectivity index (χ0v) is 6.85. The van der Waals surface area contributed by atoms with Gasteiger partial charge >= 0.3 is 0 Å². The van der Waals surface area contributed by atoms with Crippen molar-refractivity contribution in [3.63, 3.8) is 0 Å². The second-order valence-electron chi connectivity index (χ2n) is 2.50. The lowest BCUT2D eigenvalue weighted by Crippen LogP contribution is -2.02. The van der Waals surface area contributed by atoms with Crippen LogP contribution >= 0.6 is 0 Å². The van der Waals surface area contributed by atoms with Gasteiger partial charge in [-0.25, -0.2) is 13.2 Å². The summed E-state index contributed by atoms with van der Waals surface area (Å²) in [5.74, 6) is -3.99. The average molecular weight is 199 g/mol. The van der Waals surface area contributed by atoms with E-state index in [9.17, 15) is 18.0 Å². The van der Waals surface area contributed by atoms with Gasteiger partial charge in [-0.1, -0.05) is 0 Å². The Hall–Kier alpha value is -1.83. The van der Waals surface area contributed by atoms with E-state index in [0.29, 0.717) is 6.07 Å². The average Bonchev–Trinajstić information content (AvgIpc) is 2.18. The second-order valence-corrected chi connectivity index (χ2v) is 2.50. The first kappa shape index (κ1) is 10.3. The highest BCUT2D eigenvalue weighted by Gasteiger charge is 2.17. The molecule has 2 nitrogen and oxygen atoms in total. The standard InChI is InChI=1S/C9H4F3NO/c10-7-3-5(4-13)8(11)9(12)6(7)1-2-14/h2-3H,1H2. The summed E-state index contributed by atoms with van der Waals surface area (Å²) in [4.78, 5) is 10.0. The van der Waals surface area contributed by atoms with Crippen LogP contribution in [0, 0.1) is 28.8 Å². The van der Waals surface area contributed by atoms with Crippen LogP contribution in [0.15, 0.2) is 6.07 Å². The van der Waals surface area contributed by atoms with E-state index in [0.717, 1.165) is 0 Å². The molecule has 1 aromatic rings. The van der Waals surface area contributed by atoms with Crippen molar-refractivity contribution in [2.75, 3.05) is 0 Å². The number of carbonyl (C=O) groups excluding carboxylic acids is 1. The SMILES string of the molecule is N#Cc1cc(F)c(CC=O)c(F)c1F. The van der Waals surface area contributed by atoms with Crippen molar-refractivity contribution in [1.29, 1.82) is 5.26 Å². The van der Waals surface area contributed by atoms with Gasteiger partial charge in [0.2, 0.25) is 0 Å². The monoisotopic (exact) mass is 199 g/mol. The summed E-state index contributed by atoms with van der Waals surface area (Å²) in [6, 6.07) is 1.87. The number of benzene rings is 1. The van der Waals surface area contributed by atoms with Crippen LogP contribution in [-0.4, -0.2) is 6.29 Å². The highest BCUT2D eigenvalue weighted by molar-refractivity contribution is 5.56. The van der Waals surface area contributed by atoms with Crippen molar-refractivity contribution in [3.05, 3.63) is 34.6 Å². The Labute approximate surface area is 77.6 Å². The van der Waals surface area contributed by atoms with Gasteiger partial charge in [0.05, 0.1) is 5.56 Å². The molecule has 0 aromatic heterocycles. The number of hydrogen-bond donors (Lipinski definition) is 0. The Balaban J connectivity index is 3.42. The minimum atomic E-state index is -1.48. The molecule has 0 unspecified atom stereocenters. The van der Waals surface area contributed by atoms with E-state index in [1.165, 1.54) is 6.07 Å². The smallest absolute Gasteiger partial charge is 0.177 e. The Kier molecular flexibility index (Phi) is 2.87. The molecule has 5 heteroatoms. The van der Waals surface area contributed by atoms with Crippen LogP contribution in [0.5, 0.6) is 0 Å². The van der Waals surface area contributed by atoms with E-state index in [4.69, 9.17) is 5.26 Å². The van der Waals surface area contributed by atoms with Gasteiger partial charge in [0.15, 0.2) is 11.6 Å². The third kappa shape index (κ3) is 1.59. The van der Waals surface area contributed by atoms with Crippen molar-refractivity contribution in [3.8, 4) is 6.07 Å². The van der Waals surface area contributed by atoms with Gasteiger partial charge in [-0.2, -0.15) is 5.26 Å². The molecule has 0 heterocycles. The van der Waals surface area contributed by atoms with Crippen molar-refractivity contribution in [1.82, 2.24) is 0 Å². The van der Waals surface area contributed by atoms with Gasteiger partial charge in [-0.05, 0) is 6.07 Å². The van der Waals surface area contributed by atoms with Gasteiger partial charge in [-0.3, -0.25) is 0 Å². The highest BCUT2D eigenvalue weighted by atomic mass is 19.2. The molecule has 72 valence electrons. The van der Waals surface area contributed by atoms with Crippen molar-refractivity contribution < 1.29 is 18.0 Å². The first-order valence-corrected chi connectivity index (χ1v) is 3.62. The maximum Gasteiger partial charge on any atom is 0.177 e. The zero-order chi connectivity index (χ0) is 10.7. The van der Waals surface area contributed by atoms with Gasteiger partial charge in [0.1, 0.15) is 18.2 Å². The fourth-order valence-electron chi connectivity index (χ4n) is 0.985. The molecular weight excluding hydrogens is 195 g/mol. The van der Waals surface area contributed by atoms with Crippen molar-refractivity contribution in [2.45, 2.75) is 6.42 Å². The summed E-state index contributed by atoms with van der Waals surface area (Å²) >= 11 is 0.